The van der Waals surface area contributed by atoms with Gasteiger partial charge >= 0.3 is 0 Å². The molecule has 1 aliphatic heterocycles. The Bertz CT molecular complexity index is 634. The molecule has 3 rings (SSSR count). The predicted molar refractivity (Wildman–Crippen MR) is 108 cm³/mol. The molecule has 7 heteroatoms. The highest BCUT2D eigenvalue weighted by Crippen LogP contribution is 2.27. The van der Waals surface area contributed by atoms with E-state index < -0.39 is 0 Å². The van der Waals surface area contributed by atoms with Crippen molar-refractivity contribution in [2.45, 2.75) is 65.0 Å². The first-order chi connectivity index (χ1) is 13.2. The average molecular weight is 375 g/mol. The van der Waals surface area contributed by atoms with Crippen LogP contribution in [0.15, 0.2) is 17.4 Å². The van der Waals surface area contributed by atoms with Crippen molar-refractivity contribution in [3.63, 3.8) is 0 Å². The third-order valence-corrected chi connectivity index (χ3v) is 5.47. The van der Waals surface area contributed by atoms with E-state index in [1.807, 2.05) is 10.9 Å². The standard InChI is InChI=1S/C20H34N6O/c1-3-21-20(22-10-6-11-26-14-16(2)13-23-26)24-18-9-12-25(15-18)19(27)17-7-4-5-8-17/h13-14,17-18H,3-12,15H2,1-2H3,(H2,21,22,24). The fourth-order valence-corrected chi connectivity index (χ4v) is 4.04. The van der Waals surface area contributed by atoms with E-state index in [2.05, 4.69) is 40.7 Å². The Morgan fingerprint density at radius 2 is 2.15 bits per heavy atom. The summed E-state index contributed by atoms with van der Waals surface area (Å²) >= 11 is 0. The Kier molecular flexibility index (Phi) is 7.12. The fraction of sp³-hybridized carbons (Fsp3) is 0.750. The molecule has 1 aromatic heterocycles. The number of aryl methyl sites for hydroxylation is 2. The maximum atomic E-state index is 12.6. The number of hydrogen-bond acceptors (Lipinski definition) is 3. The second-order valence-corrected chi connectivity index (χ2v) is 7.79. The molecule has 1 aliphatic carbocycles. The van der Waals surface area contributed by atoms with E-state index in [1.54, 1.807) is 0 Å². The monoisotopic (exact) mass is 374 g/mol. The maximum Gasteiger partial charge on any atom is 0.225 e. The third kappa shape index (κ3) is 5.71. The number of nitrogens with zero attached hydrogens (tertiary/aromatic N) is 4. The topological polar surface area (TPSA) is 74.6 Å². The molecule has 1 unspecified atom stereocenters. The molecule has 2 heterocycles. The lowest BCUT2D eigenvalue weighted by Gasteiger charge is -2.21. The van der Waals surface area contributed by atoms with Crippen LogP contribution < -0.4 is 10.6 Å². The number of guanidine groups is 1. The van der Waals surface area contributed by atoms with Gasteiger partial charge in [0.2, 0.25) is 5.91 Å². The molecule has 7 nitrogen and oxygen atoms in total. The Balaban J connectivity index is 1.43. The van der Waals surface area contributed by atoms with E-state index in [0.29, 0.717) is 11.9 Å². The van der Waals surface area contributed by atoms with Crippen LogP contribution in [-0.2, 0) is 11.3 Å². The number of aromatic nitrogens is 2. The number of hydrogen-bond donors (Lipinski definition) is 2. The van der Waals surface area contributed by atoms with Gasteiger partial charge in [0, 0.05) is 50.9 Å². The first kappa shape index (κ1) is 19.7. The fourth-order valence-electron chi connectivity index (χ4n) is 4.04. The quantitative estimate of drug-likeness (QED) is 0.434. The molecule has 2 aliphatic rings. The summed E-state index contributed by atoms with van der Waals surface area (Å²) in [5, 5.41) is 11.2. The van der Waals surface area contributed by atoms with Gasteiger partial charge in [0.1, 0.15) is 0 Å². The van der Waals surface area contributed by atoms with E-state index in [4.69, 9.17) is 4.99 Å². The largest absolute Gasteiger partial charge is 0.357 e. The van der Waals surface area contributed by atoms with Crippen molar-refractivity contribution < 1.29 is 4.79 Å². The van der Waals surface area contributed by atoms with Gasteiger partial charge in [-0.3, -0.25) is 14.5 Å². The number of rotatable bonds is 7. The van der Waals surface area contributed by atoms with Gasteiger partial charge in [0.05, 0.1) is 6.20 Å². The first-order valence-corrected chi connectivity index (χ1v) is 10.5. The summed E-state index contributed by atoms with van der Waals surface area (Å²) in [5.41, 5.74) is 1.19. The summed E-state index contributed by atoms with van der Waals surface area (Å²) in [6.07, 6.45) is 10.5. The zero-order valence-corrected chi connectivity index (χ0v) is 16.8. The highest BCUT2D eigenvalue weighted by Gasteiger charge is 2.32. The molecule has 150 valence electrons. The molecule has 1 saturated carbocycles. The lowest BCUT2D eigenvalue weighted by Crippen LogP contribution is -2.45. The van der Waals surface area contributed by atoms with E-state index in [0.717, 1.165) is 64.4 Å². The van der Waals surface area contributed by atoms with Crippen LogP contribution in [0.5, 0.6) is 0 Å². The van der Waals surface area contributed by atoms with Gasteiger partial charge in [-0.25, -0.2) is 0 Å². The smallest absolute Gasteiger partial charge is 0.225 e. The Labute approximate surface area is 162 Å². The van der Waals surface area contributed by atoms with Crippen LogP contribution in [-0.4, -0.2) is 58.8 Å². The number of likely N-dealkylation sites (tertiary alicyclic amines) is 1. The van der Waals surface area contributed by atoms with Crippen molar-refractivity contribution in [1.29, 1.82) is 0 Å². The molecular weight excluding hydrogens is 340 g/mol. The molecule has 1 aromatic rings. The van der Waals surface area contributed by atoms with Gasteiger partial charge < -0.3 is 15.5 Å². The molecule has 2 N–H and O–H groups in total. The lowest BCUT2D eigenvalue weighted by atomic mass is 10.1. The van der Waals surface area contributed by atoms with Gasteiger partial charge in [-0.15, -0.1) is 0 Å². The van der Waals surface area contributed by atoms with Crippen LogP contribution in [0.1, 0.15) is 51.0 Å². The molecule has 0 radical (unpaired) electrons. The van der Waals surface area contributed by atoms with Gasteiger partial charge in [-0.2, -0.15) is 5.10 Å². The van der Waals surface area contributed by atoms with Crippen molar-refractivity contribution in [3.05, 3.63) is 18.0 Å². The molecule has 0 bridgehead atoms. The van der Waals surface area contributed by atoms with Crippen LogP contribution in [0.2, 0.25) is 0 Å². The minimum Gasteiger partial charge on any atom is -0.357 e. The number of carbonyl (C=O) groups excluding carboxylic acids is 1. The summed E-state index contributed by atoms with van der Waals surface area (Å²) in [6.45, 7) is 8.26. The van der Waals surface area contributed by atoms with Crippen LogP contribution in [0.4, 0.5) is 0 Å². The second kappa shape index (κ2) is 9.76. The number of aliphatic imine (C=N–C) groups is 1. The Morgan fingerprint density at radius 1 is 1.33 bits per heavy atom. The average Bonchev–Trinajstić information content (AvgIpc) is 3.40. The van der Waals surface area contributed by atoms with Gasteiger partial charge in [0.15, 0.2) is 5.96 Å². The second-order valence-electron chi connectivity index (χ2n) is 7.79. The third-order valence-electron chi connectivity index (χ3n) is 5.47. The highest BCUT2D eigenvalue weighted by molar-refractivity contribution is 5.81. The highest BCUT2D eigenvalue weighted by atomic mass is 16.2. The van der Waals surface area contributed by atoms with Gasteiger partial charge in [-0.1, -0.05) is 12.8 Å². The lowest BCUT2D eigenvalue weighted by molar-refractivity contribution is -0.134. The normalized spacial score (nSPS) is 21.0. The molecule has 2 fully saturated rings. The SMILES string of the molecule is CCNC(=NCCCn1cc(C)cn1)NC1CCN(C(=O)C2CCCC2)C1. The molecule has 1 atom stereocenters. The van der Waals surface area contributed by atoms with Crippen LogP contribution in [0, 0.1) is 12.8 Å². The summed E-state index contributed by atoms with van der Waals surface area (Å²) in [5.74, 6) is 1.50. The molecule has 0 spiro atoms. The number of carbonyl (C=O) groups is 1. The summed E-state index contributed by atoms with van der Waals surface area (Å²) in [6, 6.07) is 0.293. The van der Waals surface area contributed by atoms with Crippen LogP contribution in [0.25, 0.3) is 0 Å². The summed E-state index contributed by atoms with van der Waals surface area (Å²) in [4.78, 5) is 19.3. The minimum absolute atomic E-state index is 0.275. The first-order valence-electron chi connectivity index (χ1n) is 10.5. The van der Waals surface area contributed by atoms with E-state index >= 15 is 0 Å². The number of amides is 1. The molecule has 27 heavy (non-hydrogen) atoms. The van der Waals surface area contributed by atoms with E-state index in [1.165, 1.54) is 18.4 Å². The Morgan fingerprint density at radius 3 is 2.85 bits per heavy atom. The van der Waals surface area contributed by atoms with Crippen molar-refractivity contribution in [3.8, 4) is 0 Å². The molecule has 1 amide bonds. The van der Waals surface area contributed by atoms with Crippen LogP contribution >= 0.6 is 0 Å². The zero-order chi connectivity index (χ0) is 19.1. The van der Waals surface area contributed by atoms with E-state index in [-0.39, 0.29) is 5.92 Å². The van der Waals surface area contributed by atoms with Crippen molar-refractivity contribution in [2.24, 2.45) is 10.9 Å². The molecule has 0 aromatic carbocycles. The minimum atomic E-state index is 0.275. The van der Waals surface area contributed by atoms with Crippen molar-refractivity contribution in [1.82, 2.24) is 25.3 Å². The Hall–Kier alpha value is -2.05. The molecular formula is C20H34N6O. The summed E-state index contributed by atoms with van der Waals surface area (Å²) in [7, 11) is 0. The number of nitrogens with one attached hydrogen (secondary N) is 2. The predicted octanol–water partition coefficient (Wildman–Crippen LogP) is 1.93. The van der Waals surface area contributed by atoms with Crippen LogP contribution in [0.3, 0.4) is 0 Å². The maximum absolute atomic E-state index is 12.6. The van der Waals surface area contributed by atoms with Crippen molar-refractivity contribution in [2.75, 3.05) is 26.2 Å². The van der Waals surface area contributed by atoms with Gasteiger partial charge in [0.25, 0.3) is 0 Å². The van der Waals surface area contributed by atoms with E-state index in [9.17, 15) is 4.79 Å². The molecule has 1 saturated heterocycles. The summed E-state index contributed by atoms with van der Waals surface area (Å²) < 4.78 is 1.97. The van der Waals surface area contributed by atoms with Crippen molar-refractivity contribution >= 4 is 11.9 Å². The zero-order valence-electron chi connectivity index (χ0n) is 16.8. The van der Waals surface area contributed by atoms with Gasteiger partial charge in [-0.05, 0) is 45.1 Å².